The molecule has 1 amide bonds. The minimum atomic E-state index is -1.03. The van der Waals surface area contributed by atoms with Gasteiger partial charge in [0.2, 0.25) is 0 Å². The highest BCUT2D eigenvalue weighted by Gasteiger charge is 2.28. The fourth-order valence-electron chi connectivity index (χ4n) is 2.49. The lowest BCUT2D eigenvalue weighted by Gasteiger charge is -2.11. The number of rotatable bonds is 5. The Morgan fingerprint density at radius 1 is 1.15 bits per heavy atom. The summed E-state index contributed by atoms with van der Waals surface area (Å²) < 4.78 is 5.30. The Morgan fingerprint density at radius 3 is 2.42 bits per heavy atom. The summed E-state index contributed by atoms with van der Waals surface area (Å²) in [5, 5.41) is 14.6. The molecule has 1 unspecified atom stereocenters. The molecule has 0 saturated heterocycles. The predicted octanol–water partition coefficient (Wildman–Crippen LogP) is 3.34. The molecule has 6 heteroatoms. The highest BCUT2D eigenvalue weighted by Crippen LogP contribution is 2.25. The molecule has 1 N–H and O–H groups in total. The summed E-state index contributed by atoms with van der Waals surface area (Å²) in [4.78, 5) is 23.5. The Balaban J connectivity index is 1.79. The largest absolute Gasteiger partial charge is 0.479 e. The molecule has 3 rings (SSSR count). The first kappa shape index (κ1) is 17.4. The van der Waals surface area contributed by atoms with Crippen molar-refractivity contribution >= 4 is 29.4 Å². The SMILES string of the molecule is CC1=NN(c2ccccc2)C(=O)/C1=C/c1ccc(OC(C)C(=O)O)cc1. The summed E-state index contributed by atoms with van der Waals surface area (Å²) in [5.74, 6) is -0.759. The van der Waals surface area contributed by atoms with E-state index in [-0.39, 0.29) is 5.91 Å². The van der Waals surface area contributed by atoms with E-state index >= 15 is 0 Å². The molecule has 2 aromatic rings. The molecule has 0 radical (unpaired) electrons. The van der Waals surface area contributed by atoms with Crippen molar-refractivity contribution in [3.05, 3.63) is 65.7 Å². The quantitative estimate of drug-likeness (QED) is 0.839. The number of nitrogens with zero attached hydrogens (tertiary/aromatic N) is 2. The summed E-state index contributed by atoms with van der Waals surface area (Å²) in [7, 11) is 0. The monoisotopic (exact) mass is 350 g/mol. The molecule has 0 aromatic heterocycles. The summed E-state index contributed by atoms with van der Waals surface area (Å²) in [5.41, 5.74) is 2.67. The van der Waals surface area contributed by atoms with E-state index in [1.807, 2.05) is 30.3 Å². The molecule has 0 aliphatic carbocycles. The minimum absolute atomic E-state index is 0.187. The maximum Gasteiger partial charge on any atom is 0.344 e. The number of carboxylic acid groups (broad SMARTS) is 1. The van der Waals surface area contributed by atoms with Gasteiger partial charge in [-0.05, 0) is 49.8 Å². The first-order valence-corrected chi connectivity index (χ1v) is 8.12. The number of carboxylic acids is 1. The van der Waals surface area contributed by atoms with Crippen molar-refractivity contribution in [2.24, 2.45) is 5.10 Å². The number of carbonyl (C=O) groups excluding carboxylic acids is 1. The maximum atomic E-state index is 12.7. The Hall–Kier alpha value is -3.41. The van der Waals surface area contributed by atoms with Gasteiger partial charge in [0.05, 0.1) is 17.0 Å². The van der Waals surface area contributed by atoms with Crippen LogP contribution in [0, 0.1) is 0 Å². The third-order valence-corrected chi connectivity index (χ3v) is 3.92. The molecule has 1 atom stereocenters. The van der Waals surface area contributed by atoms with Gasteiger partial charge in [0, 0.05) is 0 Å². The number of carbonyl (C=O) groups is 2. The van der Waals surface area contributed by atoms with Gasteiger partial charge in [-0.1, -0.05) is 30.3 Å². The first-order chi connectivity index (χ1) is 12.5. The number of anilines is 1. The number of benzene rings is 2. The molecule has 0 spiro atoms. The van der Waals surface area contributed by atoms with Crippen molar-refractivity contribution in [3.8, 4) is 5.75 Å². The number of ether oxygens (including phenoxy) is 1. The molecule has 0 fully saturated rings. The summed E-state index contributed by atoms with van der Waals surface area (Å²) in [6, 6.07) is 16.1. The fraction of sp³-hybridized carbons (Fsp3) is 0.150. The van der Waals surface area contributed by atoms with E-state index in [2.05, 4.69) is 5.10 Å². The zero-order valence-corrected chi connectivity index (χ0v) is 14.4. The van der Waals surface area contributed by atoms with E-state index < -0.39 is 12.1 Å². The van der Waals surface area contributed by atoms with E-state index in [1.165, 1.54) is 11.9 Å². The van der Waals surface area contributed by atoms with Gasteiger partial charge in [-0.2, -0.15) is 10.1 Å². The Labute approximate surface area is 151 Å². The summed E-state index contributed by atoms with van der Waals surface area (Å²) in [6.07, 6.45) is 0.832. The molecule has 26 heavy (non-hydrogen) atoms. The number of hydrazone groups is 1. The number of aliphatic carboxylic acids is 1. The van der Waals surface area contributed by atoms with Gasteiger partial charge >= 0.3 is 5.97 Å². The standard InChI is InChI=1S/C20H18N2O4/c1-13-18(19(23)22(21-13)16-6-4-3-5-7-16)12-15-8-10-17(11-9-15)26-14(2)20(24)25/h3-12,14H,1-2H3,(H,24,25)/b18-12+. The van der Waals surface area contributed by atoms with Gasteiger partial charge < -0.3 is 9.84 Å². The molecule has 1 heterocycles. The van der Waals surface area contributed by atoms with Crippen LogP contribution in [-0.2, 0) is 9.59 Å². The van der Waals surface area contributed by atoms with Crippen molar-refractivity contribution in [3.63, 3.8) is 0 Å². The second-order valence-electron chi connectivity index (χ2n) is 5.86. The van der Waals surface area contributed by atoms with E-state index in [9.17, 15) is 9.59 Å². The van der Waals surface area contributed by atoms with Gasteiger partial charge in [0.1, 0.15) is 5.75 Å². The fourth-order valence-corrected chi connectivity index (χ4v) is 2.49. The number of hydrogen-bond donors (Lipinski definition) is 1. The molecule has 132 valence electrons. The van der Waals surface area contributed by atoms with E-state index in [4.69, 9.17) is 9.84 Å². The average Bonchev–Trinajstić information content (AvgIpc) is 2.92. The second-order valence-corrected chi connectivity index (χ2v) is 5.86. The highest BCUT2D eigenvalue weighted by atomic mass is 16.5. The molecule has 6 nitrogen and oxygen atoms in total. The van der Waals surface area contributed by atoms with Crippen LogP contribution in [0.25, 0.3) is 6.08 Å². The van der Waals surface area contributed by atoms with Crippen LogP contribution in [0.15, 0.2) is 65.3 Å². The zero-order chi connectivity index (χ0) is 18.7. The van der Waals surface area contributed by atoms with Gasteiger partial charge in [-0.15, -0.1) is 0 Å². The van der Waals surface area contributed by atoms with Crippen molar-refractivity contribution in [1.29, 1.82) is 0 Å². The third-order valence-electron chi connectivity index (χ3n) is 3.92. The van der Waals surface area contributed by atoms with Gasteiger partial charge in [-0.25, -0.2) is 4.79 Å². The predicted molar refractivity (Wildman–Crippen MR) is 99.2 cm³/mol. The molecule has 0 saturated carbocycles. The minimum Gasteiger partial charge on any atom is -0.479 e. The van der Waals surface area contributed by atoms with Gasteiger partial charge in [-0.3, -0.25) is 4.79 Å². The van der Waals surface area contributed by atoms with Crippen molar-refractivity contribution in [2.45, 2.75) is 20.0 Å². The topological polar surface area (TPSA) is 79.2 Å². The van der Waals surface area contributed by atoms with E-state index in [0.717, 1.165) is 5.56 Å². The van der Waals surface area contributed by atoms with Crippen LogP contribution in [0.4, 0.5) is 5.69 Å². The second kappa shape index (κ2) is 7.23. The van der Waals surface area contributed by atoms with Crippen LogP contribution in [0.1, 0.15) is 19.4 Å². The van der Waals surface area contributed by atoms with Crippen LogP contribution >= 0.6 is 0 Å². The van der Waals surface area contributed by atoms with E-state index in [0.29, 0.717) is 22.7 Å². The Morgan fingerprint density at radius 2 is 1.81 bits per heavy atom. The number of para-hydroxylation sites is 1. The van der Waals surface area contributed by atoms with Crippen LogP contribution in [-0.4, -0.2) is 28.8 Å². The number of amides is 1. The molecule has 1 aliphatic heterocycles. The lowest BCUT2D eigenvalue weighted by molar-refractivity contribution is -0.144. The Bertz CT molecular complexity index is 886. The van der Waals surface area contributed by atoms with E-state index in [1.54, 1.807) is 37.3 Å². The first-order valence-electron chi connectivity index (χ1n) is 8.12. The normalized spacial score (nSPS) is 16.5. The molecule has 2 aromatic carbocycles. The molecular formula is C20H18N2O4. The molecule has 0 bridgehead atoms. The number of hydrogen-bond acceptors (Lipinski definition) is 4. The van der Waals surface area contributed by atoms with Crippen LogP contribution < -0.4 is 9.75 Å². The van der Waals surface area contributed by atoms with Crippen molar-refractivity contribution in [1.82, 2.24) is 0 Å². The lowest BCUT2D eigenvalue weighted by atomic mass is 10.1. The van der Waals surface area contributed by atoms with Gasteiger partial charge in [0.15, 0.2) is 6.10 Å². The third kappa shape index (κ3) is 3.64. The smallest absolute Gasteiger partial charge is 0.344 e. The van der Waals surface area contributed by atoms with Crippen LogP contribution in [0.5, 0.6) is 5.75 Å². The van der Waals surface area contributed by atoms with Crippen LogP contribution in [0.2, 0.25) is 0 Å². The Kier molecular flexibility index (Phi) is 4.84. The average molecular weight is 350 g/mol. The van der Waals surface area contributed by atoms with Crippen molar-refractivity contribution < 1.29 is 19.4 Å². The van der Waals surface area contributed by atoms with Gasteiger partial charge in [0.25, 0.3) is 5.91 Å². The molecule has 1 aliphatic rings. The lowest BCUT2D eigenvalue weighted by Crippen LogP contribution is -2.22. The van der Waals surface area contributed by atoms with Crippen molar-refractivity contribution in [2.75, 3.05) is 5.01 Å². The summed E-state index contributed by atoms with van der Waals surface area (Å²) >= 11 is 0. The maximum absolute atomic E-state index is 12.7. The zero-order valence-electron chi connectivity index (χ0n) is 14.4. The summed E-state index contributed by atoms with van der Waals surface area (Å²) in [6.45, 7) is 3.26. The molecular weight excluding hydrogens is 332 g/mol. The van der Waals surface area contributed by atoms with Crippen LogP contribution in [0.3, 0.4) is 0 Å². The highest BCUT2D eigenvalue weighted by molar-refractivity contribution is 6.32.